The van der Waals surface area contributed by atoms with Crippen LogP contribution in [0.3, 0.4) is 0 Å². The Bertz CT molecular complexity index is 1330. The highest BCUT2D eigenvalue weighted by atomic mass is 16.6. The highest BCUT2D eigenvalue weighted by Gasteiger charge is 2.29. The van der Waals surface area contributed by atoms with Crippen molar-refractivity contribution in [3.05, 3.63) is 67.8 Å². The predicted octanol–water partition coefficient (Wildman–Crippen LogP) is 6.39. The number of carbonyl (C=O) groups is 3. The number of anilines is 2. The summed E-state index contributed by atoms with van der Waals surface area (Å²) in [5.41, 5.74) is 0.339. The number of nitro benzene ring substituents is 2. The summed E-state index contributed by atoms with van der Waals surface area (Å²) in [6.07, 6.45) is -1.71. The molecule has 0 atom stereocenters. The third-order valence-electron chi connectivity index (χ3n) is 5.42. The standard InChI is InChI=1S/C16H22N2O6.C12H16N2O4/c1-11-10-13(6-7-14(11)18(21)22)17(8-9-23-12(2)19)15(20)24-16(3,4)5;1-8-7-9(5-6-10(8)14(17)18)13(11(15)16)12(2,3)4/h6-7,10H,8-9H2,1-5H3;5-7H,1-4H3,(H,15,16). The first-order valence-corrected chi connectivity index (χ1v) is 12.8. The predicted molar refractivity (Wildman–Crippen MR) is 156 cm³/mol. The van der Waals surface area contributed by atoms with Crippen LogP contribution < -0.4 is 9.80 Å². The van der Waals surface area contributed by atoms with Crippen molar-refractivity contribution in [2.24, 2.45) is 0 Å². The minimum Gasteiger partial charge on any atom is -0.465 e. The fourth-order valence-electron chi connectivity index (χ4n) is 3.70. The van der Waals surface area contributed by atoms with E-state index in [1.165, 1.54) is 53.1 Å². The summed E-state index contributed by atoms with van der Waals surface area (Å²) in [4.78, 5) is 57.7. The van der Waals surface area contributed by atoms with Crippen molar-refractivity contribution in [2.45, 2.75) is 73.5 Å². The van der Waals surface area contributed by atoms with Crippen molar-refractivity contribution in [2.75, 3.05) is 23.0 Å². The quantitative estimate of drug-likeness (QED) is 0.215. The van der Waals surface area contributed by atoms with Gasteiger partial charge in [0.1, 0.15) is 12.2 Å². The third kappa shape index (κ3) is 10.7. The highest BCUT2D eigenvalue weighted by Crippen LogP contribution is 2.29. The van der Waals surface area contributed by atoms with E-state index >= 15 is 0 Å². The molecule has 42 heavy (non-hydrogen) atoms. The van der Waals surface area contributed by atoms with Gasteiger partial charge in [0.05, 0.1) is 16.4 Å². The number of ether oxygens (including phenoxy) is 2. The Hall–Kier alpha value is -4.75. The van der Waals surface area contributed by atoms with Gasteiger partial charge in [0.25, 0.3) is 11.4 Å². The molecule has 0 bridgehead atoms. The molecule has 0 aliphatic rings. The summed E-state index contributed by atoms with van der Waals surface area (Å²) in [7, 11) is 0. The number of carboxylic acid groups (broad SMARTS) is 1. The van der Waals surface area contributed by atoms with E-state index in [2.05, 4.69) is 0 Å². The van der Waals surface area contributed by atoms with Crippen molar-refractivity contribution >= 4 is 40.9 Å². The molecule has 2 rings (SSSR count). The summed E-state index contributed by atoms with van der Waals surface area (Å²) in [6, 6.07) is 8.60. The molecule has 1 N–H and O–H groups in total. The van der Waals surface area contributed by atoms with Gasteiger partial charge < -0.3 is 14.6 Å². The SMILES string of the molecule is CC(=O)OCCN(C(=O)OC(C)(C)C)c1ccc([N+](=O)[O-])c(C)c1.Cc1cc(N(C(=O)O)C(C)(C)C)ccc1[N+](=O)[O-]. The number of nitrogens with zero attached hydrogens (tertiary/aromatic N) is 4. The fourth-order valence-corrected chi connectivity index (χ4v) is 3.70. The first kappa shape index (κ1) is 35.3. The van der Waals surface area contributed by atoms with E-state index in [4.69, 9.17) is 9.47 Å². The van der Waals surface area contributed by atoms with Crippen LogP contribution >= 0.6 is 0 Å². The molecule has 2 aromatic carbocycles. The number of aryl methyl sites for hydroxylation is 2. The second-order valence-electron chi connectivity index (χ2n) is 11.2. The maximum absolute atomic E-state index is 12.4. The molecule has 0 heterocycles. The number of carbonyl (C=O) groups excluding carboxylic acids is 2. The molecule has 0 saturated heterocycles. The molecule has 2 aromatic rings. The molecule has 230 valence electrons. The monoisotopic (exact) mass is 590 g/mol. The van der Waals surface area contributed by atoms with Crippen LogP contribution in [0.5, 0.6) is 0 Å². The lowest BCUT2D eigenvalue weighted by molar-refractivity contribution is -0.385. The molecule has 14 nitrogen and oxygen atoms in total. The van der Waals surface area contributed by atoms with E-state index < -0.39 is 39.1 Å². The van der Waals surface area contributed by atoms with Crippen LogP contribution in [0, 0.1) is 34.1 Å². The Morgan fingerprint density at radius 1 is 0.857 bits per heavy atom. The van der Waals surface area contributed by atoms with Gasteiger partial charge in [-0.1, -0.05) is 0 Å². The van der Waals surface area contributed by atoms with Crippen LogP contribution in [-0.4, -0.2) is 57.4 Å². The van der Waals surface area contributed by atoms with E-state index in [0.29, 0.717) is 22.5 Å². The average Bonchev–Trinajstić information content (AvgIpc) is 2.79. The lowest BCUT2D eigenvalue weighted by Crippen LogP contribution is -2.45. The fraction of sp³-hybridized carbons (Fsp3) is 0.464. The first-order chi connectivity index (χ1) is 19.2. The van der Waals surface area contributed by atoms with Gasteiger partial charge in [-0.25, -0.2) is 9.59 Å². The van der Waals surface area contributed by atoms with Crippen LogP contribution in [0.1, 0.15) is 59.6 Å². The topological polar surface area (TPSA) is 183 Å². The minimum absolute atomic E-state index is 0.00931. The molecule has 2 amide bonds. The maximum atomic E-state index is 12.4. The molecule has 0 fully saturated rings. The zero-order valence-electron chi connectivity index (χ0n) is 25.3. The van der Waals surface area contributed by atoms with E-state index in [9.17, 15) is 39.7 Å². The number of benzene rings is 2. The van der Waals surface area contributed by atoms with Crippen molar-refractivity contribution < 1.29 is 38.8 Å². The molecule has 0 radical (unpaired) electrons. The van der Waals surface area contributed by atoms with Crippen molar-refractivity contribution in [3.8, 4) is 0 Å². The van der Waals surface area contributed by atoms with Gasteiger partial charge in [-0.15, -0.1) is 0 Å². The second kappa shape index (κ2) is 14.2. The van der Waals surface area contributed by atoms with Gasteiger partial charge in [0.15, 0.2) is 0 Å². The van der Waals surface area contributed by atoms with Crippen LogP contribution in [-0.2, 0) is 14.3 Å². The van der Waals surface area contributed by atoms with E-state index in [1.807, 2.05) is 0 Å². The Balaban J connectivity index is 0.000000437. The second-order valence-corrected chi connectivity index (χ2v) is 11.2. The summed E-state index contributed by atoms with van der Waals surface area (Å²) in [5.74, 6) is -0.459. The number of hydrogen-bond acceptors (Lipinski definition) is 9. The van der Waals surface area contributed by atoms with E-state index in [0.717, 1.165) is 0 Å². The summed E-state index contributed by atoms with van der Waals surface area (Å²) in [6.45, 7) is 15.0. The van der Waals surface area contributed by atoms with E-state index in [1.54, 1.807) is 55.4 Å². The normalized spacial score (nSPS) is 11.0. The Kier molecular flexibility index (Phi) is 12.0. The third-order valence-corrected chi connectivity index (χ3v) is 5.42. The number of esters is 1. The number of rotatable bonds is 7. The van der Waals surface area contributed by atoms with Crippen LogP contribution in [0.15, 0.2) is 36.4 Å². The van der Waals surface area contributed by atoms with Crippen molar-refractivity contribution in [1.29, 1.82) is 0 Å². The van der Waals surface area contributed by atoms with Crippen LogP contribution in [0.2, 0.25) is 0 Å². The molecule has 0 aromatic heterocycles. The Morgan fingerprint density at radius 2 is 1.31 bits per heavy atom. The molecule has 14 heteroatoms. The highest BCUT2D eigenvalue weighted by molar-refractivity contribution is 5.89. The molecule has 0 spiro atoms. The van der Waals surface area contributed by atoms with Gasteiger partial charge in [-0.3, -0.25) is 34.8 Å². The molecule has 0 saturated carbocycles. The lowest BCUT2D eigenvalue weighted by atomic mass is 10.0. The minimum atomic E-state index is -1.09. The number of nitro groups is 2. The average molecular weight is 591 g/mol. The Morgan fingerprint density at radius 3 is 1.67 bits per heavy atom. The largest absolute Gasteiger partial charge is 0.465 e. The first-order valence-electron chi connectivity index (χ1n) is 12.8. The zero-order chi connectivity index (χ0) is 32.6. The van der Waals surface area contributed by atoms with Crippen LogP contribution in [0.25, 0.3) is 0 Å². The van der Waals surface area contributed by atoms with Gasteiger partial charge in [-0.2, -0.15) is 0 Å². The maximum Gasteiger partial charge on any atom is 0.414 e. The van der Waals surface area contributed by atoms with Gasteiger partial charge in [0.2, 0.25) is 0 Å². The molecular formula is C28H38N4O10. The van der Waals surface area contributed by atoms with Crippen molar-refractivity contribution in [3.63, 3.8) is 0 Å². The summed E-state index contributed by atoms with van der Waals surface area (Å²) in [5, 5.41) is 30.8. The number of hydrogen-bond donors (Lipinski definition) is 1. The zero-order valence-corrected chi connectivity index (χ0v) is 25.3. The van der Waals surface area contributed by atoms with Crippen LogP contribution in [0.4, 0.5) is 32.3 Å². The summed E-state index contributed by atoms with van der Waals surface area (Å²) < 4.78 is 10.2. The van der Waals surface area contributed by atoms with Gasteiger partial charge in [-0.05, 0) is 79.7 Å². The summed E-state index contributed by atoms with van der Waals surface area (Å²) >= 11 is 0. The van der Waals surface area contributed by atoms with Gasteiger partial charge in [0, 0.05) is 47.1 Å². The molecule has 0 aliphatic heterocycles. The smallest absolute Gasteiger partial charge is 0.414 e. The molecule has 0 aliphatic carbocycles. The van der Waals surface area contributed by atoms with Crippen molar-refractivity contribution in [1.82, 2.24) is 0 Å². The molecular weight excluding hydrogens is 552 g/mol. The Labute approximate surface area is 244 Å². The lowest BCUT2D eigenvalue weighted by Gasteiger charge is -2.33. The molecule has 0 unspecified atom stereocenters. The van der Waals surface area contributed by atoms with E-state index in [-0.39, 0.29) is 24.5 Å². The number of amides is 2. The van der Waals surface area contributed by atoms with Gasteiger partial charge >= 0.3 is 18.2 Å².